The van der Waals surface area contributed by atoms with Gasteiger partial charge in [-0.1, -0.05) is 29.8 Å². The Hall–Kier alpha value is -2.25. The number of methoxy groups -OCH3 is 1. The van der Waals surface area contributed by atoms with Gasteiger partial charge in [0.05, 0.1) is 19.8 Å². The molecule has 1 atom stereocenters. The molecular weight excluding hydrogens is 452 g/mol. The molecule has 30 heavy (non-hydrogen) atoms. The number of carbonyl (C=O) groups is 1. The molecule has 6 nitrogen and oxygen atoms in total. The number of halogens is 1. The van der Waals surface area contributed by atoms with Crippen LogP contribution in [-0.4, -0.2) is 30.1 Å². The van der Waals surface area contributed by atoms with Gasteiger partial charge in [-0.25, -0.2) is 4.79 Å². The number of carbonyl (C=O) groups excluding carboxylic acids is 1. The first-order valence-electron chi connectivity index (χ1n) is 9.91. The second-order valence-corrected chi connectivity index (χ2v) is 8.47. The highest BCUT2D eigenvalue weighted by Gasteiger charge is 2.30. The average Bonchev–Trinajstić information content (AvgIpc) is 2.69. The highest BCUT2D eigenvalue weighted by atomic mass is 79.9. The van der Waals surface area contributed by atoms with E-state index in [1.165, 1.54) is 0 Å². The molecule has 1 aliphatic rings. The number of hydrogen-bond donors (Lipinski definition) is 1. The monoisotopic (exact) mass is 478 g/mol. The molecule has 1 heterocycles. The first-order valence-corrected chi connectivity index (χ1v) is 11.0. The molecule has 2 aromatic carbocycles. The van der Waals surface area contributed by atoms with Gasteiger partial charge in [-0.3, -0.25) is 0 Å². The maximum atomic E-state index is 13.0. The van der Waals surface area contributed by atoms with E-state index in [0.29, 0.717) is 46.9 Å². The quantitative estimate of drug-likeness (QED) is 0.428. The third-order valence-corrected chi connectivity index (χ3v) is 5.12. The van der Waals surface area contributed by atoms with E-state index in [0.717, 1.165) is 11.1 Å². The zero-order valence-electron chi connectivity index (χ0n) is 17.7. The van der Waals surface area contributed by atoms with E-state index in [9.17, 15) is 9.90 Å². The summed E-state index contributed by atoms with van der Waals surface area (Å²) in [5.41, 5.74) is 2.40. The molecule has 7 heteroatoms. The van der Waals surface area contributed by atoms with Gasteiger partial charge in [-0.2, -0.15) is 0 Å². The van der Waals surface area contributed by atoms with Crippen LogP contribution in [0.5, 0.6) is 23.0 Å². The molecule has 0 saturated heterocycles. The molecule has 0 amide bonds. The summed E-state index contributed by atoms with van der Waals surface area (Å²) in [6.45, 7) is 6.36. The van der Waals surface area contributed by atoms with E-state index >= 15 is 0 Å². The van der Waals surface area contributed by atoms with Crippen LogP contribution in [-0.2, 0) is 11.3 Å². The van der Waals surface area contributed by atoms with Crippen molar-refractivity contribution in [3.63, 3.8) is 0 Å². The van der Waals surface area contributed by atoms with E-state index in [1.54, 1.807) is 19.2 Å². The molecule has 1 unspecified atom stereocenters. The van der Waals surface area contributed by atoms with Crippen LogP contribution in [0, 0.1) is 12.8 Å². The van der Waals surface area contributed by atoms with Crippen LogP contribution >= 0.6 is 15.9 Å². The van der Waals surface area contributed by atoms with Gasteiger partial charge in [0, 0.05) is 16.5 Å². The van der Waals surface area contributed by atoms with Crippen molar-refractivity contribution >= 4 is 21.9 Å². The number of benzene rings is 2. The number of rotatable bonds is 7. The fraction of sp³-hybridized carbons (Fsp3) is 0.435. The summed E-state index contributed by atoms with van der Waals surface area (Å²) < 4.78 is 23.1. The van der Waals surface area contributed by atoms with Gasteiger partial charge in [-0.15, -0.1) is 0 Å². The lowest BCUT2D eigenvalue weighted by Crippen LogP contribution is -2.16. The van der Waals surface area contributed by atoms with Crippen molar-refractivity contribution < 1.29 is 28.8 Å². The molecule has 0 fully saturated rings. The van der Waals surface area contributed by atoms with Crippen molar-refractivity contribution in [2.45, 2.75) is 39.9 Å². The lowest BCUT2D eigenvalue weighted by atomic mass is 9.96. The molecule has 0 aliphatic carbocycles. The summed E-state index contributed by atoms with van der Waals surface area (Å²) in [6, 6.07) is 7.18. The molecular formula is C23H27BrO6. The first-order chi connectivity index (χ1) is 14.3. The van der Waals surface area contributed by atoms with Gasteiger partial charge in [0.1, 0.15) is 23.7 Å². The van der Waals surface area contributed by atoms with Gasteiger partial charge < -0.3 is 24.1 Å². The fourth-order valence-corrected chi connectivity index (χ4v) is 3.67. The maximum Gasteiger partial charge on any atom is 0.346 e. The zero-order chi connectivity index (χ0) is 21.8. The van der Waals surface area contributed by atoms with Gasteiger partial charge in [-0.05, 0) is 49.1 Å². The summed E-state index contributed by atoms with van der Waals surface area (Å²) in [7, 11) is 1.57. The summed E-state index contributed by atoms with van der Waals surface area (Å²) in [6.07, 6.45) is -0.238. The lowest BCUT2D eigenvalue weighted by Gasteiger charge is -2.24. The molecule has 1 aliphatic heterocycles. The Labute approximate surface area is 185 Å². The van der Waals surface area contributed by atoms with Gasteiger partial charge >= 0.3 is 5.97 Å². The Morgan fingerprint density at radius 1 is 1.27 bits per heavy atom. The number of hydrogen-bond acceptors (Lipinski definition) is 6. The number of aliphatic hydroxyl groups excluding tert-OH is 1. The maximum absolute atomic E-state index is 13.0. The summed E-state index contributed by atoms with van der Waals surface area (Å²) in [5.74, 6) is 1.36. The molecule has 0 aromatic heterocycles. The van der Waals surface area contributed by atoms with Crippen molar-refractivity contribution in [2.24, 2.45) is 5.92 Å². The zero-order valence-corrected chi connectivity index (χ0v) is 19.2. The van der Waals surface area contributed by atoms with E-state index in [2.05, 4.69) is 15.9 Å². The van der Waals surface area contributed by atoms with E-state index in [4.69, 9.17) is 18.9 Å². The van der Waals surface area contributed by atoms with E-state index in [-0.39, 0.29) is 18.1 Å². The molecule has 0 spiro atoms. The van der Waals surface area contributed by atoms with Crippen LogP contribution in [0.2, 0.25) is 0 Å². The number of aryl methyl sites for hydroxylation is 1. The van der Waals surface area contributed by atoms with Crippen molar-refractivity contribution in [1.82, 2.24) is 0 Å². The minimum Gasteiger partial charge on any atom is -0.493 e. The number of alkyl halides is 1. The molecule has 0 radical (unpaired) electrons. The van der Waals surface area contributed by atoms with Gasteiger partial charge in [0.2, 0.25) is 0 Å². The van der Waals surface area contributed by atoms with Crippen LogP contribution in [0.3, 0.4) is 0 Å². The first kappa shape index (κ1) is 22.4. The number of ether oxygens (including phenoxy) is 4. The SMILES string of the molecule is COc1cc(C)cc2c1Oc1ccc(C(O)CC(C)C)c(OCCBr)c1C(=O)OC2. The van der Waals surface area contributed by atoms with Gasteiger partial charge in [0.25, 0.3) is 0 Å². The van der Waals surface area contributed by atoms with E-state index in [1.807, 2.05) is 32.9 Å². The van der Waals surface area contributed by atoms with Crippen molar-refractivity contribution in [3.8, 4) is 23.0 Å². The second kappa shape index (κ2) is 9.71. The third-order valence-electron chi connectivity index (χ3n) is 4.80. The molecule has 2 aromatic rings. The normalized spacial score (nSPS) is 14.0. The average molecular weight is 479 g/mol. The molecule has 0 bridgehead atoms. The number of cyclic esters (lactones) is 1. The minimum absolute atomic E-state index is 0.0440. The van der Waals surface area contributed by atoms with Crippen LogP contribution in [0.4, 0.5) is 0 Å². The van der Waals surface area contributed by atoms with Crippen molar-refractivity contribution in [3.05, 3.63) is 46.5 Å². The summed E-state index contributed by atoms with van der Waals surface area (Å²) in [4.78, 5) is 13.0. The molecule has 0 saturated carbocycles. The largest absolute Gasteiger partial charge is 0.493 e. The Bertz CT molecular complexity index is 924. The highest BCUT2D eigenvalue weighted by Crippen LogP contribution is 2.44. The number of fused-ring (bicyclic) bond motifs is 2. The Kier molecular flexibility index (Phi) is 7.26. The van der Waals surface area contributed by atoms with Gasteiger partial charge in [0.15, 0.2) is 11.5 Å². The van der Waals surface area contributed by atoms with Crippen LogP contribution < -0.4 is 14.2 Å². The Morgan fingerprint density at radius 3 is 2.70 bits per heavy atom. The van der Waals surface area contributed by atoms with Crippen LogP contribution in [0.25, 0.3) is 0 Å². The smallest absolute Gasteiger partial charge is 0.346 e. The molecule has 162 valence electrons. The summed E-state index contributed by atoms with van der Waals surface area (Å²) >= 11 is 3.34. The number of aliphatic hydroxyl groups is 1. The predicted octanol–water partition coefficient (Wildman–Crippen LogP) is 5.32. The molecule has 3 rings (SSSR count). The minimum atomic E-state index is -0.775. The topological polar surface area (TPSA) is 74.2 Å². The lowest BCUT2D eigenvalue weighted by molar-refractivity contribution is 0.0453. The van der Waals surface area contributed by atoms with Crippen LogP contribution in [0.15, 0.2) is 24.3 Å². The van der Waals surface area contributed by atoms with Crippen molar-refractivity contribution in [2.75, 3.05) is 19.0 Å². The third kappa shape index (κ3) is 4.73. The van der Waals surface area contributed by atoms with E-state index < -0.39 is 12.1 Å². The number of esters is 1. The van der Waals surface area contributed by atoms with Crippen molar-refractivity contribution in [1.29, 1.82) is 0 Å². The van der Waals surface area contributed by atoms with Crippen LogP contribution in [0.1, 0.15) is 53.4 Å². The standard InChI is InChI=1S/C23H27BrO6/c1-13(2)9-17(25)16-5-6-18-20(22(16)28-8-7-24)23(26)29-12-15-10-14(3)11-19(27-4)21(15)30-18/h5-6,10-11,13,17,25H,7-9,12H2,1-4H3. The second-order valence-electron chi connectivity index (χ2n) is 7.67. The summed E-state index contributed by atoms with van der Waals surface area (Å²) in [5, 5.41) is 11.3. The fourth-order valence-electron chi connectivity index (χ4n) is 3.50. The Balaban J connectivity index is 2.15. The highest BCUT2D eigenvalue weighted by molar-refractivity contribution is 9.09. The predicted molar refractivity (Wildman–Crippen MR) is 117 cm³/mol. The molecule has 1 N–H and O–H groups in total. The Morgan fingerprint density at radius 2 is 2.03 bits per heavy atom.